The maximum atomic E-state index is 13.5. The monoisotopic (exact) mass is 287 g/mol. The average Bonchev–Trinajstić information content (AvgIpc) is 2.48. The molecule has 0 saturated carbocycles. The van der Waals surface area contributed by atoms with Gasteiger partial charge in [-0.1, -0.05) is 12.1 Å². The second kappa shape index (κ2) is 6.65. The summed E-state index contributed by atoms with van der Waals surface area (Å²) >= 11 is 0. The zero-order chi connectivity index (χ0) is 15.2. The summed E-state index contributed by atoms with van der Waals surface area (Å²) in [6.45, 7) is 2.02. The fourth-order valence-electron chi connectivity index (χ4n) is 1.75. The first kappa shape index (κ1) is 14.7. The number of esters is 1. The van der Waals surface area contributed by atoms with Crippen LogP contribution in [-0.4, -0.2) is 18.5 Å². The van der Waals surface area contributed by atoms with Gasteiger partial charge in [0.15, 0.2) is 0 Å². The molecule has 0 heterocycles. The first-order valence-corrected chi connectivity index (χ1v) is 6.45. The number of hydrogen-bond acceptors (Lipinski definition) is 3. The van der Waals surface area contributed by atoms with Crippen LogP contribution in [0.25, 0.3) is 0 Å². The minimum Gasteiger partial charge on any atom is -0.462 e. The standard InChI is InChI=1S/C16H14FNO3/c1-2-21-16(20)11-7-9-12(10-8-11)18-15(19)13-5-3-4-6-14(13)17/h3-10H,2H2,1H3,(H,18,19). The SMILES string of the molecule is CCOC(=O)c1ccc(NC(=O)c2ccccc2F)cc1. The van der Waals surface area contributed by atoms with Crippen LogP contribution >= 0.6 is 0 Å². The van der Waals surface area contributed by atoms with Gasteiger partial charge < -0.3 is 10.1 Å². The molecule has 0 aliphatic carbocycles. The van der Waals surface area contributed by atoms with Crippen molar-refractivity contribution in [2.75, 3.05) is 11.9 Å². The Kier molecular flexibility index (Phi) is 4.66. The van der Waals surface area contributed by atoms with Crippen molar-refractivity contribution in [2.45, 2.75) is 6.92 Å². The predicted molar refractivity (Wildman–Crippen MR) is 76.8 cm³/mol. The third kappa shape index (κ3) is 3.66. The molecule has 0 unspecified atom stereocenters. The number of rotatable bonds is 4. The molecule has 0 bridgehead atoms. The first-order valence-electron chi connectivity index (χ1n) is 6.45. The number of anilines is 1. The molecular formula is C16H14FNO3. The van der Waals surface area contributed by atoms with Gasteiger partial charge in [-0.3, -0.25) is 4.79 Å². The average molecular weight is 287 g/mol. The number of nitrogens with one attached hydrogen (secondary N) is 1. The van der Waals surface area contributed by atoms with Crippen molar-refractivity contribution < 1.29 is 18.7 Å². The van der Waals surface area contributed by atoms with E-state index in [0.717, 1.165) is 0 Å². The van der Waals surface area contributed by atoms with Crippen molar-refractivity contribution in [1.82, 2.24) is 0 Å². The van der Waals surface area contributed by atoms with E-state index in [0.29, 0.717) is 17.9 Å². The van der Waals surface area contributed by atoms with Crippen LogP contribution in [0.1, 0.15) is 27.6 Å². The second-order valence-corrected chi connectivity index (χ2v) is 4.23. The van der Waals surface area contributed by atoms with Crippen molar-refractivity contribution in [2.24, 2.45) is 0 Å². The Hall–Kier alpha value is -2.69. The van der Waals surface area contributed by atoms with E-state index in [1.807, 2.05) is 0 Å². The third-order valence-corrected chi connectivity index (χ3v) is 2.77. The number of benzene rings is 2. The summed E-state index contributed by atoms with van der Waals surface area (Å²) in [5.74, 6) is -1.56. The number of ether oxygens (including phenoxy) is 1. The summed E-state index contributed by atoms with van der Waals surface area (Å²) in [4.78, 5) is 23.4. The largest absolute Gasteiger partial charge is 0.462 e. The van der Waals surface area contributed by atoms with Gasteiger partial charge in [-0.15, -0.1) is 0 Å². The van der Waals surface area contributed by atoms with Crippen LogP contribution in [-0.2, 0) is 4.74 Å². The van der Waals surface area contributed by atoms with E-state index in [1.54, 1.807) is 25.1 Å². The Morgan fingerprint density at radius 1 is 1.10 bits per heavy atom. The van der Waals surface area contributed by atoms with E-state index in [1.165, 1.54) is 30.3 Å². The Balaban J connectivity index is 2.09. The molecule has 1 N–H and O–H groups in total. The van der Waals surface area contributed by atoms with Crippen LogP contribution in [0.2, 0.25) is 0 Å². The summed E-state index contributed by atoms with van der Waals surface area (Å²) < 4.78 is 18.3. The number of hydrogen-bond donors (Lipinski definition) is 1. The van der Waals surface area contributed by atoms with E-state index in [-0.39, 0.29) is 5.56 Å². The quantitative estimate of drug-likeness (QED) is 0.878. The van der Waals surface area contributed by atoms with Crippen LogP contribution in [0, 0.1) is 5.82 Å². The molecule has 108 valence electrons. The van der Waals surface area contributed by atoms with Gasteiger partial charge in [0.1, 0.15) is 5.82 Å². The highest BCUT2D eigenvalue weighted by Gasteiger charge is 2.11. The van der Waals surface area contributed by atoms with Crippen molar-refractivity contribution in [3.05, 3.63) is 65.5 Å². The summed E-state index contributed by atoms with van der Waals surface area (Å²) in [5, 5.41) is 2.57. The fraction of sp³-hybridized carbons (Fsp3) is 0.125. The summed E-state index contributed by atoms with van der Waals surface area (Å²) in [5.41, 5.74) is 0.823. The van der Waals surface area contributed by atoms with Crippen molar-refractivity contribution in [1.29, 1.82) is 0 Å². The van der Waals surface area contributed by atoms with Gasteiger partial charge in [0.25, 0.3) is 5.91 Å². The van der Waals surface area contributed by atoms with Gasteiger partial charge in [0.2, 0.25) is 0 Å². The van der Waals surface area contributed by atoms with E-state index in [9.17, 15) is 14.0 Å². The van der Waals surface area contributed by atoms with Gasteiger partial charge >= 0.3 is 5.97 Å². The van der Waals surface area contributed by atoms with Gasteiger partial charge in [0, 0.05) is 5.69 Å². The van der Waals surface area contributed by atoms with E-state index in [4.69, 9.17) is 4.74 Å². The van der Waals surface area contributed by atoms with Crippen LogP contribution < -0.4 is 5.32 Å². The second-order valence-electron chi connectivity index (χ2n) is 4.23. The molecule has 0 aliphatic rings. The lowest BCUT2D eigenvalue weighted by atomic mass is 10.1. The lowest BCUT2D eigenvalue weighted by Gasteiger charge is -2.07. The Bertz CT molecular complexity index is 653. The zero-order valence-corrected chi connectivity index (χ0v) is 11.4. The molecule has 0 aliphatic heterocycles. The van der Waals surface area contributed by atoms with Crippen LogP contribution in [0.4, 0.5) is 10.1 Å². The van der Waals surface area contributed by atoms with Crippen molar-refractivity contribution in [3.8, 4) is 0 Å². The maximum absolute atomic E-state index is 13.5. The van der Waals surface area contributed by atoms with Gasteiger partial charge in [-0.05, 0) is 43.3 Å². The first-order chi connectivity index (χ1) is 10.1. The third-order valence-electron chi connectivity index (χ3n) is 2.77. The molecule has 2 aromatic rings. The molecule has 0 fully saturated rings. The molecule has 1 amide bonds. The summed E-state index contributed by atoms with van der Waals surface area (Å²) in [6, 6.07) is 11.9. The molecular weight excluding hydrogens is 273 g/mol. The number of carbonyl (C=O) groups is 2. The Labute approximate surface area is 121 Å². The minimum atomic E-state index is -0.585. The molecule has 21 heavy (non-hydrogen) atoms. The van der Waals surface area contributed by atoms with Crippen molar-refractivity contribution >= 4 is 17.6 Å². The summed E-state index contributed by atoms with van der Waals surface area (Å²) in [7, 11) is 0. The molecule has 2 aromatic carbocycles. The smallest absolute Gasteiger partial charge is 0.338 e. The molecule has 5 heteroatoms. The van der Waals surface area contributed by atoms with E-state index in [2.05, 4.69) is 5.32 Å². The topological polar surface area (TPSA) is 55.4 Å². The van der Waals surface area contributed by atoms with Crippen molar-refractivity contribution in [3.63, 3.8) is 0 Å². The van der Waals surface area contributed by atoms with Crippen LogP contribution in [0.5, 0.6) is 0 Å². The van der Waals surface area contributed by atoms with E-state index >= 15 is 0 Å². The molecule has 0 spiro atoms. The molecule has 2 rings (SSSR count). The van der Waals surface area contributed by atoms with Gasteiger partial charge in [-0.2, -0.15) is 0 Å². The Morgan fingerprint density at radius 2 is 1.76 bits per heavy atom. The highest BCUT2D eigenvalue weighted by molar-refractivity contribution is 6.04. The van der Waals surface area contributed by atoms with Crippen LogP contribution in [0.3, 0.4) is 0 Å². The molecule has 0 saturated heterocycles. The molecule has 0 aromatic heterocycles. The molecule has 0 atom stereocenters. The Morgan fingerprint density at radius 3 is 2.38 bits per heavy atom. The highest BCUT2D eigenvalue weighted by atomic mass is 19.1. The van der Waals surface area contributed by atoms with Gasteiger partial charge in [-0.25, -0.2) is 9.18 Å². The van der Waals surface area contributed by atoms with Crippen LogP contribution in [0.15, 0.2) is 48.5 Å². The van der Waals surface area contributed by atoms with E-state index < -0.39 is 17.7 Å². The summed E-state index contributed by atoms with van der Waals surface area (Å²) in [6.07, 6.45) is 0. The molecule has 4 nitrogen and oxygen atoms in total. The lowest BCUT2D eigenvalue weighted by molar-refractivity contribution is 0.0526. The number of halogens is 1. The predicted octanol–water partition coefficient (Wildman–Crippen LogP) is 3.25. The minimum absolute atomic E-state index is 0.0352. The highest BCUT2D eigenvalue weighted by Crippen LogP contribution is 2.13. The number of amides is 1. The van der Waals surface area contributed by atoms with Gasteiger partial charge in [0.05, 0.1) is 17.7 Å². The molecule has 0 radical (unpaired) electrons. The maximum Gasteiger partial charge on any atom is 0.338 e. The normalized spacial score (nSPS) is 10.0. The number of carbonyl (C=O) groups excluding carboxylic acids is 2. The lowest BCUT2D eigenvalue weighted by Crippen LogP contribution is -2.13. The fourth-order valence-corrected chi connectivity index (χ4v) is 1.75. The zero-order valence-electron chi connectivity index (χ0n) is 11.4.